The van der Waals surface area contributed by atoms with Gasteiger partial charge in [-0.2, -0.15) is 0 Å². The van der Waals surface area contributed by atoms with E-state index in [-0.39, 0.29) is 0 Å². The van der Waals surface area contributed by atoms with Gasteiger partial charge < -0.3 is 9.47 Å². The summed E-state index contributed by atoms with van der Waals surface area (Å²) < 4.78 is 10.5. The van der Waals surface area contributed by atoms with Gasteiger partial charge in [0.2, 0.25) is 6.79 Å². The van der Waals surface area contributed by atoms with Crippen LogP contribution >= 0.6 is 0 Å². The van der Waals surface area contributed by atoms with Crippen molar-refractivity contribution in [1.29, 1.82) is 0 Å². The Kier molecular flexibility index (Phi) is 3.31. The van der Waals surface area contributed by atoms with Crippen LogP contribution in [-0.4, -0.2) is 13.3 Å². The average molecular weight is 217 g/mol. The highest BCUT2D eigenvalue weighted by atomic mass is 16.7. The first-order valence-corrected chi connectivity index (χ1v) is 4.97. The summed E-state index contributed by atoms with van der Waals surface area (Å²) >= 11 is 0. The van der Waals surface area contributed by atoms with Crippen molar-refractivity contribution >= 4 is 6.08 Å². The molecule has 1 aromatic rings. The number of hydrogen-bond donors (Lipinski definition) is 0. The van der Waals surface area contributed by atoms with Crippen LogP contribution in [0.4, 0.5) is 0 Å². The van der Waals surface area contributed by atoms with Crippen molar-refractivity contribution in [2.24, 2.45) is 5.11 Å². The highest BCUT2D eigenvalue weighted by molar-refractivity contribution is 5.56. The topological polar surface area (TPSA) is 67.2 Å². The summed E-state index contributed by atoms with van der Waals surface area (Å²) in [6, 6.07) is 5.76. The van der Waals surface area contributed by atoms with Crippen molar-refractivity contribution in [3.63, 3.8) is 0 Å². The van der Waals surface area contributed by atoms with Crippen LogP contribution in [0.5, 0.6) is 11.5 Å². The van der Waals surface area contributed by atoms with Gasteiger partial charge in [0.15, 0.2) is 11.5 Å². The van der Waals surface area contributed by atoms with Crippen molar-refractivity contribution in [2.45, 2.75) is 6.42 Å². The van der Waals surface area contributed by atoms with Crippen LogP contribution in [0.1, 0.15) is 12.0 Å². The van der Waals surface area contributed by atoms with Crippen LogP contribution in [0.2, 0.25) is 0 Å². The third-order valence-electron chi connectivity index (χ3n) is 2.17. The standard InChI is InChI=1S/C11H11N3O2/c12-14-13-6-2-1-3-9-4-5-10-11(7-9)16-8-15-10/h1,3-5,7H,2,6,8H2. The molecule has 0 aromatic heterocycles. The van der Waals surface area contributed by atoms with Crippen LogP contribution in [0.15, 0.2) is 29.4 Å². The second kappa shape index (κ2) is 5.09. The van der Waals surface area contributed by atoms with Gasteiger partial charge in [-0.15, -0.1) is 0 Å². The number of azide groups is 1. The van der Waals surface area contributed by atoms with E-state index < -0.39 is 0 Å². The van der Waals surface area contributed by atoms with E-state index in [9.17, 15) is 0 Å². The van der Waals surface area contributed by atoms with Crippen LogP contribution in [-0.2, 0) is 0 Å². The van der Waals surface area contributed by atoms with Crippen molar-refractivity contribution in [3.8, 4) is 11.5 Å². The first-order valence-electron chi connectivity index (χ1n) is 4.97. The molecule has 0 fully saturated rings. The first-order chi connectivity index (χ1) is 7.90. The summed E-state index contributed by atoms with van der Waals surface area (Å²) in [5.41, 5.74) is 9.14. The zero-order valence-corrected chi connectivity index (χ0v) is 8.67. The predicted octanol–water partition coefficient (Wildman–Crippen LogP) is 3.13. The number of fused-ring (bicyclic) bond motifs is 1. The highest BCUT2D eigenvalue weighted by Gasteiger charge is 2.11. The third kappa shape index (κ3) is 2.46. The normalized spacial score (nSPS) is 12.8. The van der Waals surface area contributed by atoms with E-state index in [2.05, 4.69) is 10.0 Å². The Bertz CT molecular complexity index is 451. The summed E-state index contributed by atoms with van der Waals surface area (Å²) in [6.45, 7) is 0.775. The minimum Gasteiger partial charge on any atom is -0.454 e. The van der Waals surface area contributed by atoms with E-state index >= 15 is 0 Å². The Labute approximate surface area is 92.9 Å². The molecule has 0 amide bonds. The molecule has 0 atom stereocenters. The molecule has 1 aromatic carbocycles. The molecule has 0 aliphatic carbocycles. The number of ether oxygens (including phenoxy) is 2. The van der Waals surface area contributed by atoms with Crippen LogP contribution in [0.3, 0.4) is 0 Å². The molecule has 1 heterocycles. The maximum atomic E-state index is 8.09. The highest BCUT2D eigenvalue weighted by Crippen LogP contribution is 2.32. The van der Waals surface area contributed by atoms with E-state index in [4.69, 9.17) is 15.0 Å². The molecule has 5 heteroatoms. The summed E-state index contributed by atoms with van der Waals surface area (Å²) in [5, 5.41) is 3.45. The lowest BCUT2D eigenvalue weighted by Crippen LogP contribution is -1.92. The van der Waals surface area contributed by atoms with Crippen molar-refractivity contribution in [2.75, 3.05) is 13.3 Å². The quantitative estimate of drug-likeness (QED) is 0.336. The SMILES string of the molecule is [N-]=[N+]=NCCC=Cc1ccc2c(c1)OCO2. The average Bonchev–Trinajstić information content (AvgIpc) is 2.76. The van der Waals surface area contributed by atoms with E-state index in [1.54, 1.807) is 0 Å². The second-order valence-corrected chi connectivity index (χ2v) is 3.26. The fraction of sp³-hybridized carbons (Fsp3) is 0.273. The van der Waals surface area contributed by atoms with Gasteiger partial charge in [0.25, 0.3) is 0 Å². The largest absolute Gasteiger partial charge is 0.454 e. The summed E-state index contributed by atoms with van der Waals surface area (Å²) in [4.78, 5) is 2.68. The number of rotatable bonds is 4. The monoisotopic (exact) mass is 217 g/mol. The number of benzene rings is 1. The van der Waals surface area contributed by atoms with Gasteiger partial charge >= 0.3 is 0 Å². The Balaban J connectivity index is 1.97. The number of nitrogens with zero attached hydrogens (tertiary/aromatic N) is 3. The van der Waals surface area contributed by atoms with Crippen LogP contribution in [0, 0.1) is 0 Å². The van der Waals surface area contributed by atoms with E-state index in [1.165, 1.54) is 0 Å². The minimum absolute atomic E-state index is 0.291. The fourth-order valence-corrected chi connectivity index (χ4v) is 1.41. The van der Waals surface area contributed by atoms with E-state index in [0.717, 1.165) is 23.5 Å². The Morgan fingerprint density at radius 1 is 1.38 bits per heavy atom. The van der Waals surface area contributed by atoms with Gasteiger partial charge in [-0.3, -0.25) is 0 Å². The summed E-state index contributed by atoms with van der Waals surface area (Å²) in [7, 11) is 0. The summed E-state index contributed by atoms with van der Waals surface area (Å²) in [6.07, 6.45) is 4.67. The molecule has 0 saturated carbocycles. The molecule has 0 bridgehead atoms. The van der Waals surface area contributed by atoms with E-state index in [1.807, 2.05) is 30.4 Å². The van der Waals surface area contributed by atoms with Gasteiger partial charge in [-0.05, 0) is 29.6 Å². The molecule has 0 N–H and O–H groups in total. The van der Waals surface area contributed by atoms with Gasteiger partial charge in [0.05, 0.1) is 0 Å². The van der Waals surface area contributed by atoms with Crippen LogP contribution in [0.25, 0.3) is 16.5 Å². The third-order valence-corrected chi connectivity index (χ3v) is 2.17. The maximum absolute atomic E-state index is 8.09. The van der Waals surface area contributed by atoms with E-state index in [0.29, 0.717) is 13.3 Å². The molecule has 82 valence electrons. The Morgan fingerprint density at radius 3 is 3.12 bits per heavy atom. The fourth-order valence-electron chi connectivity index (χ4n) is 1.41. The molecule has 1 aliphatic heterocycles. The molecule has 2 rings (SSSR count). The molecule has 5 nitrogen and oxygen atoms in total. The first kappa shape index (κ1) is 10.4. The smallest absolute Gasteiger partial charge is 0.231 e. The Hall–Kier alpha value is -2.13. The molecular weight excluding hydrogens is 206 g/mol. The lowest BCUT2D eigenvalue weighted by atomic mass is 10.2. The molecule has 16 heavy (non-hydrogen) atoms. The second-order valence-electron chi connectivity index (χ2n) is 3.26. The zero-order valence-electron chi connectivity index (χ0n) is 8.67. The zero-order chi connectivity index (χ0) is 11.2. The predicted molar refractivity (Wildman–Crippen MR) is 60.2 cm³/mol. The van der Waals surface area contributed by atoms with Gasteiger partial charge in [-0.1, -0.05) is 23.3 Å². The molecule has 0 saturated heterocycles. The lowest BCUT2D eigenvalue weighted by molar-refractivity contribution is 0.174. The molecule has 1 aliphatic rings. The number of hydrogen-bond acceptors (Lipinski definition) is 3. The minimum atomic E-state index is 0.291. The van der Waals surface area contributed by atoms with Crippen molar-refractivity contribution in [3.05, 3.63) is 40.3 Å². The van der Waals surface area contributed by atoms with Crippen LogP contribution < -0.4 is 9.47 Å². The molecule has 0 radical (unpaired) electrons. The van der Waals surface area contributed by atoms with Gasteiger partial charge in [0.1, 0.15) is 0 Å². The lowest BCUT2D eigenvalue weighted by Gasteiger charge is -1.97. The molecule has 0 spiro atoms. The van der Waals surface area contributed by atoms with Gasteiger partial charge in [-0.25, -0.2) is 0 Å². The Morgan fingerprint density at radius 2 is 2.25 bits per heavy atom. The summed E-state index contributed by atoms with van der Waals surface area (Å²) in [5.74, 6) is 1.56. The van der Waals surface area contributed by atoms with Crippen molar-refractivity contribution in [1.82, 2.24) is 0 Å². The maximum Gasteiger partial charge on any atom is 0.231 e. The molecular formula is C11H11N3O2. The molecule has 0 unspecified atom stereocenters. The van der Waals surface area contributed by atoms with Crippen molar-refractivity contribution < 1.29 is 9.47 Å². The van der Waals surface area contributed by atoms with Gasteiger partial charge in [0, 0.05) is 11.5 Å².